The van der Waals surface area contributed by atoms with Crippen LogP contribution < -0.4 is 14.3 Å². The summed E-state index contributed by atoms with van der Waals surface area (Å²) in [6, 6.07) is 8.69. The molecule has 5 rings (SSSR count). The van der Waals surface area contributed by atoms with Crippen LogP contribution in [0, 0.1) is 12.3 Å². The molecule has 0 aliphatic carbocycles. The molecule has 2 aliphatic rings. The van der Waals surface area contributed by atoms with Crippen LogP contribution in [0.2, 0.25) is 5.02 Å². The first-order valence-corrected chi connectivity index (χ1v) is 13.2. The van der Waals surface area contributed by atoms with E-state index in [2.05, 4.69) is 10.9 Å². The van der Waals surface area contributed by atoms with E-state index >= 15 is 0 Å². The second-order valence-electron chi connectivity index (χ2n) is 7.82. The van der Waals surface area contributed by atoms with E-state index in [1.165, 1.54) is 39.9 Å². The molecule has 1 unspecified atom stereocenters. The lowest BCUT2D eigenvalue weighted by Gasteiger charge is -2.21. The van der Waals surface area contributed by atoms with Gasteiger partial charge in [0.25, 0.3) is 5.91 Å². The SMILES string of the molecule is C#CCn1c(=NC(=O)C2CCCN2S(=O)(=O)c2ccc(Cl)cc2)sc2cc3c(cc21)OCCO3. The fourth-order valence-electron chi connectivity index (χ4n) is 4.12. The Bertz CT molecular complexity index is 1490. The van der Waals surface area contributed by atoms with Crippen LogP contribution in [0.4, 0.5) is 0 Å². The standard InChI is InChI=1S/C23H20ClN3O5S2/c1-2-9-26-18-13-19-20(32-12-11-31-19)14-21(18)33-23(26)25-22(28)17-4-3-10-27(17)34(29,30)16-7-5-15(24)6-8-16/h1,5-8,13-14,17H,3-4,9-12H2. The fraction of sp³-hybridized carbons (Fsp3) is 0.304. The second-order valence-corrected chi connectivity index (χ2v) is 11.2. The third-order valence-corrected chi connectivity index (χ3v) is 8.93. The summed E-state index contributed by atoms with van der Waals surface area (Å²) in [7, 11) is -3.87. The summed E-state index contributed by atoms with van der Waals surface area (Å²) in [5, 5.41) is 0.434. The molecule has 2 aliphatic heterocycles. The first-order chi connectivity index (χ1) is 16.4. The molecule has 3 aromatic rings. The van der Waals surface area contributed by atoms with Crippen molar-refractivity contribution in [3.05, 3.63) is 46.2 Å². The van der Waals surface area contributed by atoms with Gasteiger partial charge in [0.1, 0.15) is 19.3 Å². The Balaban J connectivity index is 1.53. The zero-order chi connectivity index (χ0) is 23.9. The minimum absolute atomic E-state index is 0.0893. The van der Waals surface area contributed by atoms with Crippen LogP contribution >= 0.6 is 22.9 Å². The maximum absolute atomic E-state index is 13.2. The zero-order valence-electron chi connectivity index (χ0n) is 17.9. The summed E-state index contributed by atoms with van der Waals surface area (Å²) in [5.74, 6) is 3.30. The molecule has 176 valence electrons. The number of thiazole rings is 1. The van der Waals surface area contributed by atoms with Gasteiger partial charge in [-0.15, -0.1) is 6.42 Å². The van der Waals surface area contributed by atoms with Gasteiger partial charge in [-0.25, -0.2) is 8.42 Å². The Kier molecular flexibility index (Phi) is 6.12. The lowest BCUT2D eigenvalue weighted by molar-refractivity contribution is -0.121. The largest absolute Gasteiger partial charge is 0.486 e. The molecule has 0 bridgehead atoms. The molecule has 1 amide bonds. The van der Waals surface area contributed by atoms with Gasteiger partial charge < -0.3 is 14.0 Å². The predicted molar refractivity (Wildman–Crippen MR) is 129 cm³/mol. The van der Waals surface area contributed by atoms with Gasteiger partial charge in [0.05, 0.1) is 21.7 Å². The molecule has 0 radical (unpaired) electrons. The first kappa shape index (κ1) is 22.9. The number of rotatable bonds is 4. The van der Waals surface area contributed by atoms with Crippen molar-refractivity contribution in [3.63, 3.8) is 0 Å². The number of halogens is 1. The van der Waals surface area contributed by atoms with Crippen LogP contribution in [-0.2, 0) is 21.4 Å². The monoisotopic (exact) mass is 517 g/mol. The number of hydrogen-bond acceptors (Lipinski definition) is 6. The molecule has 2 aromatic carbocycles. The van der Waals surface area contributed by atoms with Crippen molar-refractivity contribution >= 4 is 49.1 Å². The summed E-state index contributed by atoms with van der Waals surface area (Å²) >= 11 is 7.19. The van der Waals surface area contributed by atoms with Crippen molar-refractivity contribution in [2.75, 3.05) is 19.8 Å². The van der Waals surface area contributed by atoms with E-state index in [-0.39, 0.29) is 18.0 Å². The van der Waals surface area contributed by atoms with Gasteiger partial charge in [-0.05, 0) is 37.1 Å². The number of terminal acetylenes is 1. The highest BCUT2D eigenvalue weighted by Gasteiger charge is 2.39. The Morgan fingerprint density at radius 1 is 1.21 bits per heavy atom. The molecule has 1 saturated heterocycles. The van der Waals surface area contributed by atoms with Gasteiger partial charge in [0, 0.05) is 23.7 Å². The van der Waals surface area contributed by atoms with E-state index in [9.17, 15) is 13.2 Å². The third-order valence-electron chi connectivity index (χ3n) is 5.71. The minimum Gasteiger partial charge on any atom is -0.486 e. The van der Waals surface area contributed by atoms with E-state index in [0.29, 0.717) is 47.4 Å². The number of fused-ring (bicyclic) bond motifs is 2. The van der Waals surface area contributed by atoms with Crippen LogP contribution in [0.5, 0.6) is 11.5 Å². The molecule has 1 fully saturated rings. The number of amides is 1. The lowest BCUT2D eigenvalue weighted by Crippen LogP contribution is -2.40. The highest BCUT2D eigenvalue weighted by Crippen LogP contribution is 2.35. The van der Waals surface area contributed by atoms with E-state index in [1.54, 1.807) is 4.57 Å². The lowest BCUT2D eigenvalue weighted by atomic mass is 10.2. The average Bonchev–Trinajstić information content (AvgIpc) is 3.44. The molecule has 0 N–H and O–H groups in total. The average molecular weight is 518 g/mol. The number of nitrogens with zero attached hydrogens (tertiary/aromatic N) is 3. The van der Waals surface area contributed by atoms with Gasteiger partial charge in [-0.2, -0.15) is 9.30 Å². The van der Waals surface area contributed by atoms with Crippen LogP contribution in [0.1, 0.15) is 12.8 Å². The van der Waals surface area contributed by atoms with Gasteiger partial charge >= 0.3 is 0 Å². The topological polar surface area (TPSA) is 90.2 Å². The van der Waals surface area contributed by atoms with Crippen molar-refractivity contribution in [1.29, 1.82) is 0 Å². The summed E-state index contributed by atoms with van der Waals surface area (Å²) in [4.78, 5) is 18.1. The minimum atomic E-state index is -3.87. The normalized spacial score (nSPS) is 18.8. The maximum atomic E-state index is 13.2. The highest BCUT2D eigenvalue weighted by atomic mass is 35.5. The van der Waals surface area contributed by atoms with Crippen LogP contribution in [0.3, 0.4) is 0 Å². The Hall–Kier alpha value is -2.84. The molecule has 1 atom stereocenters. The molecule has 1 aromatic heterocycles. The van der Waals surface area contributed by atoms with Crippen molar-refractivity contribution < 1.29 is 22.7 Å². The number of hydrogen-bond donors (Lipinski definition) is 0. The van der Waals surface area contributed by atoms with Gasteiger partial charge in [-0.3, -0.25) is 4.79 Å². The second kappa shape index (κ2) is 9.07. The number of sulfonamides is 1. The summed E-state index contributed by atoms with van der Waals surface area (Å²) in [6.45, 7) is 1.36. The van der Waals surface area contributed by atoms with Crippen LogP contribution in [0.25, 0.3) is 10.2 Å². The van der Waals surface area contributed by atoms with E-state index in [4.69, 9.17) is 27.5 Å². The predicted octanol–water partition coefficient (Wildman–Crippen LogP) is 3.04. The number of ether oxygens (including phenoxy) is 2. The molecule has 3 heterocycles. The van der Waals surface area contributed by atoms with Crippen molar-refractivity contribution in [3.8, 4) is 23.8 Å². The van der Waals surface area contributed by atoms with Gasteiger partial charge in [-0.1, -0.05) is 28.9 Å². The van der Waals surface area contributed by atoms with E-state index in [0.717, 1.165) is 10.2 Å². The van der Waals surface area contributed by atoms with Gasteiger partial charge in [0.15, 0.2) is 16.3 Å². The number of carbonyl (C=O) groups is 1. The van der Waals surface area contributed by atoms with Crippen molar-refractivity contribution in [2.24, 2.45) is 4.99 Å². The zero-order valence-corrected chi connectivity index (χ0v) is 20.3. The number of benzene rings is 2. The molecule has 11 heteroatoms. The highest BCUT2D eigenvalue weighted by molar-refractivity contribution is 7.89. The quantitative estimate of drug-likeness (QED) is 0.496. The molecule has 34 heavy (non-hydrogen) atoms. The van der Waals surface area contributed by atoms with Crippen molar-refractivity contribution in [1.82, 2.24) is 8.87 Å². The van der Waals surface area contributed by atoms with E-state index in [1.807, 2.05) is 12.1 Å². The first-order valence-electron chi connectivity index (χ1n) is 10.6. The smallest absolute Gasteiger partial charge is 0.266 e. The van der Waals surface area contributed by atoms with Crippen molar-refractivity contribution in [2.45, 2.75) is 30.3 Å². The fourth-order valence-corrected chi connectivity index (χ4v) is 6.94. The van der Waals surface area contributed by atoms with Gasteiger partial charge in [0.2, 0.25) is 10.0 Å². The molecule has 8 nitrogen and oxygen atoms in total. The third kappa shape index (κ3) is 4.09. The molecule has 0 saturated carbocycles. The molecule has 0 spiro atoms. The molecular formula is C23H20ClN3O5S2. The Labute approximate surface area is 205 Å². The molecular weight excluding hydrogens is 498 g/mol. The summed E-state index contributed by atoms with van der Waals surface area (Å²) in [5.41, 5.74) is 0.774. The number of aromatic nitrogens is 1. The summed E-state index contributed by atoms with van der Waals surface area (Å²) in [6.07, 6.45) is 6.54. The maximum Gasteiger partial charge on any atom is 0.266 e. The number of carbonyl (C=O) groups excluding carboxylic acids is 1. The van der Waals surface area contributed by atoms with Crippen LogP contribution in [0.15, 0.2) is 46.3 Å². The van der Waals surface area contributed by atoms with E-state index < -0.39 is 22.0 Å². The summed E-state index contributed by atoms with van der Waals surface area (Å²) < 4.78 is 41.5. The Morgan fingerprint density at radius 2 is 1.91 bits per heavy atom. The Morgan fingerprint density at radius 3 is 2.62 bits per heavy atom. The van der Waals surface area contributed by atoms with Crippen LogP contribution in [-0.4, -0.2) is 49.0 Å².